The van der Waals surface area contributed by atoms with Crippen LogP contribution < -0.4 is 20.4 Å². The van der Waals surface area contributed by atoms with Crippen LogP contribution in [0.5, 0.6) is 0 Å². The Morgan fingerprint density at radius 2 is 1.54 bits per heavy atom. The zero-order valence-corrected chi connectivity index (χ0v) is 14.5. The van der Waals surface area contributed by atoms with Gasteiger partial charge in [-0.2, -0.15) is 0 Å². The standard InChI is InChI=1S/C19H20N6O/c1-14-4-2-3-5-17(14)24-10-12-25(13-11-24)19(26)16-8-6-15(7-9-16)18-20-22-23-21-18/h2-9,26H,10-13H2,1H3/p-1. The molecule has 2 aromatic carbocycles. The van der Waals surface area contributed by atoms with Crippen LogP contribution in [0, 0.1) is 6.92 Å². The Morgan fingerprint density at radius 3 is 2.19 bits per heavy atom. The second kappa shape index (κ2) is 6.95. The number of nitrogens with zero attached hydrogens (tertiary/aromatic N) is 6. The van der Waals surface area contributed by atoms with Crippen LogP contribution in [0.4, 0.5) is 5.69 Å². The van der Waals surface area contributed by atoms with Gasteiger partial charge < -0.3 is 14.9 Å². The normalized spacial score (nSPS) is 16.4. The molecule has 2 aliphatic heterocycles. The van der Waals surface area contributed by atoms with E-state index >= 15 is 0 Å². The van der Waals surface area contributed by atoms with E-state index in [9.17, 15) is 5.11 Å². The summed E-state index contributed by atoms with van der Waals surface area (Å²) in [6.07, 6.45) is 0. The molecule has 4 rings (SSSR count). The zero-order chi connectivity index (χ0) is 17.9. The fourth-order valence-electron chi connectivity index (χ4n) is 3.27. The quantitative estimate of drug-likeness (QED) is 0.817. The fraction of sp³-hybridized carbons (Fsp3) is 0.263. The van der Waals surface area contributed by atoms with Crippen LogP contribution in [-0.2, 0) is 0 Å². The van der Waals surface area contributed by atoms with Gasteiger partial charge in [-0.25, -0.2) is 0 Å². The summed E-state index contributed by atoms with van der Waals surface area (Å²) >= 11 is 0. The summed E-state index contributed by atoms with van der Waals surface area (Å²) in [4.78, 5) is 4.25. The van der Waals surface area contributed by atoms with Crippen molar-refractivity contribution in [3.63, 3.8) is 0 Å². The summed E-state index contributed by atoms with van der Waals surface area (Å²) in [5.74, 6) is 0.525. The van der Waals surface area contributed by atoms with Crippen molar-refractivity contribution >= 4 is 17.4 Å². The molecule has 26 heavy (non-hydrogen) atoms. The SMILES string of the molecule is Cc1ccccc1N1CCN(C([O-])=c2ccc(=C3N=NN=N3)cc2)CC1. The third kappa shape index (κ3) is 3.15. The Labute approximate surface area is 151 Å². The molecule has 1 saturated heterocycles. The van der Waals surface area contributed by atoms with Gasteiger partial charge in [0.15, 0.2) is 0 Å². The molecule has 0 unspecified atom stereocenters. The summed E-state index contributed by atoms with van der Waals surface area (Å²) in [6, 6.07) is 15.6. The van der Waals surface area contributed by atoms with Gasteiger partial charge in [-0.05, 0) is 40.1 Å². The lowest BCUT2D eigenvalue weighted by atomic mass is 10.1. The second-order valence-electron chi connectivity index (χ2n) is 6.35. The van der Waals surface area contributed by atoms with Crippen molar-refractivity contribution < 1.29 is 5.11 Å². The summed E-state index contributed by atoms with van der Waals surface area (Å²) in [5, 5.41) is 28.8. The van der Waals surface area contributed by atoms with E-state index in [1.807, 2.05) is 29.2 Å². The van der Waals surface area contributed by atoms with Gasteiger partial charge in [0.1, 0.15) is 0 Å². The Morgan fingerprint density at radius 1 is 0.885 bits per heavy atom. The van der Waals surface area contributed by atoms with Gasteiger partial charge in [-0.3, -0.25) is 0 Å². The van der Waals surface area contributed by atoms with Gasteiger partial charge in [0, 0.05) is 37.1 Å². The molecule has 132 valence electrons. The van der Waals surface area contributed by atoms with Crippen molar-refractivity contribution in [1.29, 1.82) is 0 Å². The highest BCUT2D eigenvalue weighted by atomic mass is 16.3. The molecule has 0 aliphatic carbocycles. The fourth-order valence-corrected chi connectivity index (χ4v) is 3.27. The minimum atomic E-state index is 0.0562. The van der Waals surface area contributed by atoms with Crippen LogP contribution in [0.15, 0.2) is 69.2 Å². The topological polar surface area (TPSA) is 79.0 Å². The number of benzene rings is 2. The molecule has 0 amide bonds. The first-order valence-electron chi connectivity index (χ1n) is 8.61. The molecule has 0 aromatic heterocycles. The van der Waals surface area contributed by atoms with Crippen molar-refractivity contribution in [3.8, 4) is 0 Å². The number of rotatable bonds is 2. The molecule has 2 aliphatic rings. The van der Waals surface area contributed by atoms with Crippen LogP contribution >= 0.6 is 0 Å². The maximum Gasteiger partial charge on any atom is 0.207 e. The van der Waals surface area contributed by atoms with Gasteiger partial charge in [-0.15, -0.1) is 10.2 Å². The van der Waals surface area contributed by atoms with E-state index in [0.717, 1.165) is 18.3 Å². The van der Waals surface area contributed by atoms with Crippen molar-refractivity contribution in [1.82, 2.24) is 4.90 Å². The summed E-state index contributed by atoms with van der Waals surface area (Å²) < 4.78 is 0. The van der Waals surface area contributed by atoms with Crippen molar-refractivity contribution in [2.45, 2.75) is 6.92 Å². The molecule has 2 heterocycles. The molecule has 1 fully saturated rings. The average Bonchev–Trinajstić information content (AvgIpc) is 3.23. The number of aryl methyl sites for hydroxylation is 1. The maximum absolute atomic E-state index is 12.8. The van der Waals surface area contributed by atoms with Gasteiger partial charge in [0.2, 0.25) is 5.82 Å². The summed E-state index contributed by atoms with van der Waals surface area (Å²) in [6.45, 7) is 5.24. The number of para-hydroxylation sites is 1. The van der Waals surface area contributed by atoms with E-state index in [2.05, 4.69) is 56.8 Å². The first-order valence-corrected chi connectivity index (χ1v) is 8.61. The van der Waals surface area contributed by atoms with Gasteiger partial charge >= 0.3 is 0 Å². The molecule has 0 atom stereocenters. The molecule has 0 saturated carbocycles. The molecule has 0 spiro atoms. The van der Waals surface area contributed by atoms with E-state index in [4.69, 9.17) is 0 Å². The predicted molar refractivity (Wildman–Crippen MR) is 97.2 cm³/mol. The molecular weight excluding hydrogens is 328 g/mol. The van der Waals surface area contributed by atoms with Gasteiger partial charge in [0.05, 0.1) is 0 Å². The van der Waals surface area contributed by atoms with E-state index in [-0.39, 0.29) is 5.88 Å². The van der Waals surface area contributed by atoms with Crippen LogP contribution in [0.2, 0.25) is 0 Å². The van der Waals surface area contributed by atoms with Crippen LogP contribution in [0.1, 0.15) is 5.56 Å². The lowest BCUT2D eigenvalue weighted by Crippen LogP contribution is -2.49. The Bertz CT molecular complexity index is 952. The van der Waals surface area contributed by atoms with E-state index in [1.54, 1.807) is 0 Å². The van der Waals surface area contributed by atoms with E-state index < -0.39 is 0 Å². The summed E-state index contributed by atoms with van der Waals surface area (Å²) in [7, 11) is 0. The third-order valence-corrected chi connectivity index (χ3v) is 4.73. The van der Waals surface area contributed by atoms with Gasteiger partial charge in [-0.1, -0.05) is 42.5 Å². The Balaban J connectivity index is 1.51. The average molecular weight is 347 g/mol. The summed E-state index contributed by atoms with van der Waals surface area (Å²) in [5.41, 5.74) is 2.52. The largest absolute Gasteiger partial charge is 0.860 e. The minimum Gasteiger partial charge on any atom is -0.860 e. The predicted octanol–water partition coefficient (Wildman–Crippen LogP) is 1.14. The van der Waals surface area contributed by atoms with Crippen molar-refractivity contribution in [2.75, 3.05) is 31.1 Å². The number of hydrogen-bond acceptors (Lipinski definition) is 7. The highest BCUT2D eigenvalue weighted by molar-refractivity contribution is 5.53. The second-order valence-corrected chi connectivity index (χ2v) is 6.35. The minimum absolute atomic E-state index is 0.0562. The lowest BCUT2D eigenvalue weighted by Gasteiger charge is -2.41. The zero-order valence-electron chi connectivity index (χ0n) is 14.5. The number of anilines is 1. The highest BCUT2D eigenvalue weighted by Gasteiger charge is 2.17. The Kier molecular flexibility index (Phi) is 4.35. The molecule has 0 radical (unpaired) electrons. The highest BCUT2D eigenvalue weighted by Crippen LogP contribution is 2.21. The smallest absolute Gasteiger partial charge is 0.207 e. The van der Waals surface area contributed by atoms with Crippen molar-refractivity contribution in [2.24, 2.45) is 20.7 Å². The third-order valence-electron chi connectivity index (χ3n) is 4.73. The van der Waals surface area contributed by atoms with Crippen molar-refractivity contribution in [3.05, 3.63) is 64.5 Å². The molecule has 0 N–H and O–H groups in total. The molecule has 2 aromatic rings. The maximum atomic E-state index is 12.8. The molecule has 7 nitrogen and oxygen atoms in total. The van der Waals surface area contributed by atoms with E-state index in [0.29, 0.717) is 24.1 Å². The van der Waals surface area contributed by atoms with Crippen LogP contribution in [-0.4, -0.2) is 31.1 Å². The Hall–Kier alpha value is -3.22. The first-order chi connectivity index (χ1) is 12.7. The van der Waals surface area contributed by atoms with Crippen LogP contribution in [0.25, 0.3) is 11.7 Å². The molecule has 0 bridgehead atoms. The lowest BCUT2D eigenvalue weighted by molar-refractivity contribution is -0.272. The first kappa shape index (κ1) is 16.3. The van der Waals surface area contributed by atoms with Crippen LogP contribution in [0.3, 0.4) is 0 Å². The van der Waals surface area contributed by atoms with Gasteiger partial charge in [0.25, 0.3) is 0 Å². The number of piperazine rings is 1. The molecule has 7 heteroatoms. The monoisotopic (exact) mass is 347 g/mol. The van der Waals surface area contributed by atoms with E-state index in [1.165, 1.54) is 11.3 Å². The number of hydrogen-bond donors (Lipinski definition) is 0. The molecular formula is C19H19N6O-.